The third-order valence-electron chi connectivity index (χ3n) is 2.51. The van der Waals surface area contributed by atoms with E-state index in [4.69, 9.17) is 0 Å². The van der Waals surface area contributed by atoms with E-state index in [1.165, 1.54) is 12.2 Å². The Morgan fingerprint density at radius 2 is 2.21 bits per heavy atom. The number of aromatic nitrogens is 3. The van der Waals surface area contributed by atoms with Gasteiger partial charge in [0.05, 0.1) is 6.54 Å². The Kier molecular flexibility index (Phi) is 11.0. The van der Waals surface area contributed by atoms with Crippen molar-refractivity contribution in [2.45, 2.75) is 19.4 Å². The average molecular weight is 398 g/mol. The lowest BCUT2D eigenvalue weighted by Gasteiger charge is -2.11. The monoisotopic (exact) mass is 398 g/mol. The normalized spacial score (nSPS) is 11.0. The number of aryl methyl sites for hydroxylation is 1. The van der Waals surface area contributed by atoms with Gasteiger partial charge in [0.2, 0.25) is 0 Å². The summed E-state index contributed by atoms with van der Waals surface area (Å²) in [6.45, 7) is 1.57. The van der Waals surface area contributed by atoms with Crippen molar-refractivity contribution in [1.82, 2.24) is 25.4 Å². The Labute approximate surface area is 136 Å². The zero-order valence-electron chi connectivity index (χ0n) is 11.7. The highest BCUT2D eigenvalue weighted by Crippen LogP contribution is 1.97. The summed E-state index contributed by atoms with van der Waals surface area (Å²) in [6.07, 6.45) is 6.07. The van der Waals surface area contributed by atoms with Gasteiger partial charge in [-0.05, 0) is 24.9 Å². The van der Waals surface area contributed by atoms with Gasteiger partial charge in [-0.2, -0.15) is 16.9 Å². The van der Waals surface area contributed by atoms with Crippen LogP contribution in [-0.2, 0) is 13.6 Å². The van der Waals surface area contributed by atoms with Gasteiger partial charge in [-0.25, -0.2) is 4.98 Å². The molecule has 0 aliphatic carbocycles. The van der Waals surface area contributed by atoms with E-state index in [0.717, 1.165) is 24.7 Å². The predicted octanol–water partition coefficient (Wildman–Crippen LogP) is 1.24. The fourth-order valence-corrected chi connectivity index (χ4v) is 1.93. The van der Waals surface area contributed by atoms with E-state index in [-0.39, 0.29) is 24.0 Å². The number of unbranched alkanes of at least 4 members (excludes halogenated alkanes) is 1. The van der Waals surface area contributed by atoms with Crippen molar-refractivity contribution in [1.29, 1.82) is 0 Å². The molecule has 0 aliphatic rings. The number of rotatable bonds is 7. The van der Waals surface area contributed by atoms with Gasteiger partial charge in [0.1, 0.15) is 12.2 Å². The molecular weight excluding hydrogens is 375 g/mol. The molecule has 2 N–H and O–H groups in total. The summed E-state index contributed by atoms with van der Waals surface area (Å²) in [4.78, 5) is 8.31. The molecule has 19 heavy (non-hydrogen) atoms. The summed E-state index contributed by atoms with van der Waals surface area (Å²) in [5.74, 6) is 2.91. The van der Waals surface area contributed by atoms with Crippen LogP contribution in [0.25, 0.3) is 0 Å². The van der Waals surface area contributed by atoms with Crippen molar-refractivity contribution in [3.05, 3.63) is 12.2 Å². The summed E-state index contributed by atoms with van der Waals surface area (Å²) in [6, 6.07) is 0. The third kappa shape index (κ3) is 7.61. The van der Waals surface area contributed by atoms with Crippen molar-refractivity contribution in [2.24, 2.45) is 12.0 Å². The third-order valence-corrected chi connectivity index (χ3v) is 3.21. The van der Waals surface area contributed by atoms with E-state index in [9.17, 15) is 0 Å². The van der Waals surface area contributed by atoms with Gasteiger partial charge >= 0.3 is 0 Å². The fourth-order valence-electron chi connectivity index (χ4n) is 1.44. The van der Waals surface area contributed by atoms with Crippen molar-refractivity contribution in [2.75, 3.05) is 25.6 Å². The summed E-state index contributed by atoms with van der Waals surface area (Å²) < 4.78 is 1.75. The second-order valence-corrected chi connectivity index (χ2v) is 4.84. The lowest BCUT2D eigenvalue weighted by Crippen LogP contribution is -2.37. The number of aliphatic imine (C=N–C) groups is 1. The molecule has 0 atom stereocenters. The van der Waals surface area contributed by atoms with Crippen LogP contribution >= 0.6 is 35.7 Å². The maximum atomic E-state index is 4.17. The van der Waals surface area contributed by atoms with Crippen LogP contribution in [0.2, 0.25) is 0 Å². The molecule has 0 fully saturated rings. The maximum Gasteiger partial charge on any atom is 0.191 e. The topological polar surface area (TPSA) is 67.1 Å². The van der Waals surface area contributed by atoms with Crippen molar-refractivity contribution in [3.8, 4) is 0 Å². The summed E-state index contributed by atoms with van der Waals surface area (Å²) in [5.41, 5.74) is 0. The molecule has 6 nitrogen and oxygen atoms in total. The van der Waals surface area contributed by atoms with Gasteiger partial charge in [-0.1, -0.05) is 0 Å². The molecule has 1 rings (SSSR count). The largest absolute Gasteiger partial charge is 0.356 e. The van der Waals surface area contributed by atoms with Crippen LogP contribution in [-0.4, -0.2) is 46.3 Å². The first-order valence-corrected chi connectivity index (χ1v) is 7.43. The highest BCUT2D eigenvalue weighted by atomic mass is 127. The lowest BCUT2D eigenvalue weighted by molar-refractivity contribution is 0.668. The molecule has 110 valence electrons. The molecule has 0 amide bonds. The molecule has 1 aromatic rings. The highest BCUT2D eigenvalue weighted by molar-refractivity contribution is 14.0. The van der Waals surface area contributed by atoms with E-state index in [1.54, 1.807) is 18.1 Å². The summed E-state index contributed by atoms with van der Waals surface area (Å²) in [5, 5.41) is 10.5. The zero-order valence-corrected chi connectivity index (χ0v) is 14.9. The van der Waals surface area contributed by atoms with Crippen LogP contribution in [0.5, 0.6) is 0 Å². The molecule has 0 radical (unpaired) electrons. The molecule has 8 heteroatoms. The Morgan fingerprint density at radius 3 is 2.79 bits per heavy atom. The molecule has 0 saturated heterocycles. The van der Waals surface area contributed by atoms with Crippen LogP contribution in [0, 0.1) is 0 Å². The number of hydrogen-bond donors (Lipinski definition) is 2. The Balaban J connectivity index is 0.00000324. The summed E-state index contributed by atoms with van der Waals surface area (Å²) in [7, 11) is 3.65. The smallest absolute Gasteiger partial charge is 0.191 e. The van der Waals surface area contributed by atoms with E-state index < -0.39 is 0 Å². The number of thioether (sulfide) groups is 1. The second-order valence-electron chi connectivity index (χ2n) is 3.85. The summed E-state index contributed by atoms with van der Waals surface area (Å²) >= 11 is 1.88. The molecule has 0 spiro atoms. The Bertz CT molecular complexity index is 368. The number of nitrogens with one attached hydrogen (secondary N) is 2. The van der Waals surface area contributed by atoms with Crippen molar-refractivity contribution in [3.63, 3.8) is 0 Å². The van der Waals surface area contributed by atoms with Gasteiger partial charge in [0.15, 0.2) is 5.96 Å². The fraction of sp³-hybridized carbons (Fsp3) is 0.727. The number of hydrogen-bond acceptors (Lipinski definition) is 4. The molecule has 0 aromatic carbocycles. The molecule has 0 unspecified atom stereocenters. The number of nitrogens with zero attached hydrogens (tertiary/aromatic N) is 4. The minimum atomic E-state index is 0. The maximum absolute atomic E-state index is 4.17. The van der Waals surface area contributed by atoms with Crippen LogP contribution in [0.1, 0.15) is 18.7 Å². The lowest BCUT2D eigenvalue weighted by atomic mass is 10.3. The Hall–Kier alpha value is -0.510. The van der Waals surface area contributed by atoms with Gasteiger partial charge in [0, 0.05) is 20.6 Å². The molecule has 0 bridgehead atoms. The van der Waals surface area contributed by atoms with E-state index in [2.05, 4.69) is 32.0 Å². The van der Waals surface area contributed by atoms with E-state index in [1.807, 2.05) is 18.8 Å². The first kappa shape index (κ1) is 18.5. The first-order valence-electron chi connectivity index (χ1n) is 6.04. The van der Waals surface area contributed by atoms with E-state index >= 15 is 0 Å². The minimum absolute atomic E-state index is 0. The quantitative estimate of drug-likeness (QED) is 0.313. The first-order chi connectivity index (χ1) is 8.77. The predicted molar refractivity (Wildman–Crippen MR) is 92.2 cm³/mol. The van der Waals surface area contributed by atoms with Crippen LogP contribution in [0.15, 0.2) is 11.3 Å². The van der Waals surface area contributed by atoms with Gasteiger partial charge in [-0.15, -0.1) is 24.0 Å². The molecule has 0 saturated carbocycles. The van der Waals surface area contributed by atoms with Crippen molar-refractivity contribution < 1.29 is 0 Å². The van der Waals surface area contributed by atoms with E-state index in [0.29, 0.717) is 6.54 Å². The van der Waals surface area contributed by atoms with Gasteiger partial charge in [-0.3, -0.25) is 9.67 Å². The standard InChI is InChI=1S/C11H22N6S.HI/c1-12-11(13-6-4-5-7-18-3)14-8-10-15-9-16-17(10)2;/h9H,4-8H2,1-3H3,(H2,12,13,14);1H. The van der Waals surface area contributed by atoms with Crippen molar-refractivity contribution >= 4 is 41.7 Å². The molecule has 1 heterocycles. The second kappa shape index (κ2) is 11.3. The highest BCUT2D eigenvalue weighted by Gasteiger charge is 2.01. The number of halogens is 1. The van der Waals surface area contributed by atoms with Crippen LogP contribution < -0.4 is 10.6 Å². The van der Waals surface area contributed by atoms with Crippen LogP contribution in [0.4, 0.5) is 0 Å². The SMILES string of the molecule is CN=C(NCCCCSC)NCc1ncnn1C.I. The minimum Gasteiger partial charge on any atom is -0.356 e. The van der Waals surface area contributed by atoms with Gasteiger partial charge < -0.3 is 10.6 Å². The molecule has 1 aromatic heterocycles. The van der Waals surface area contributed by atoms with Crippen LogP contribution in [0.3, 0.4) is 0 Å². The molecule has 0 aliphatic heterocycles. The zero-order chi connectivity index (χ0) is 13.2. The van der Waals surface area contributed by atoms with Gasteiger partial charge in [0.25, 0.3) is 0 Å². The number of guanidine groups is 1. The Morgan fingerprint density at radius 1 is 1.42 bits per heavy atom. The molecular formula is C11H23IN6S. The average Bonchev–Trinajstić information content (AvgIpc) is 2.78.